The zero-order valence-corrected chi connectivity index (χ0v) is 15.7. The van der Waals surface area contributed by atoms with E-state index in [2.05, 4.69) is 24.4 Å². The van der Waals surface area contributed by atoms with Gasteiger partial charge in [-0.1, -0.05) is 31.2 Å². The standard InChI is InChI=1S/C20H22N2O3S/c1-3-14-4-10-17(11-5-14)22-19(24)13-26-20(22)15-6-8-16(9-7-15)21-18(23)12-25-2/h4-11,20H,3,12-13H2,1-2H3,(H,21,23). The van der Waals surface area contributed by atoms with E-state index in [1.807, 2.05) is 41.3 Å². The third kappa shape index (κ3) is 4.08. The van der Waals surface area contributed by atoms with Crippen LogP contribution in [0, 0.1) is 0 Å². The maximum absolute atomic E-state index is 12.4. The van der Waals surface area contributed by atoms with Crippen molar-refractivity contribution >= 4 is 35.0 Å². The number of methoxy groups -OCH3 is 1. The molecule has 1 heterocycles. The van der Waals surface area contributed by atoms with Gasteiger partial charge in [0.05, 0.1) is 5.75 Å². The van der Waals surface area contributed by atoms with Gasteiger partial charge in [0.25, 0.3) is 0 Å². The number of aryl methyl sites for hydroxylation is 1. The SMILES string of the molecule is CCc1ccc(N2C(=O)CSC2c2ccc(NC(=O)COC)cc2)cc1. The number of anilines is 2. The van der Waals surface area contributed by atoms with Crippen LogP contribution in [0.2, 0.25) is 0 Å². The van der Waals surface area contributed by atoms with Crippen molar-refractivity contribution in [2.45, 2.75) is 18.7 Å². The summed E-state index contributed by atoms with van der Waals surface area (Å²) in [5.41, 5.74) is 3.91. The topological polar surface area (TPSA) is 58.6 Å². The lowest BCUT2D eigenvalue weighted by Crippen LogP contribution is -2.27. The highest BCUT2D eigenvalue weighted by Crippen LogP contribution is 2.41. The number of carbonyl (C=O) groups excluding carboxylic acids is 2. The van der Waals surface area contributed by atoms with Crippen molar-refractivity contribution < 1.29 is 14.3 Å². The molecule has 2 amide bonds. The van der Waals surface area contributed by atoms with Gasteiger partial charge in [-0.05, 0) is 41.8 Å². The molecular weight excluding hydrogens is 348 g/mol. The molecule has 5 nitrogen and oxygen atoms in total. The van der Waals surface area contributed by atoms with E-state index in [1.54, 1.807) is 11.8 Å². The molecule has 1 fully saturated rings. The normalized spacial score (nSPS) is 16.8. The van der Waals surface area contributed by atoms with Crippen LogP contribution in [0.5, 0.6) is 0 Å². The molecule has 3 rings (SSSR count). The first kappa shape index (κ1) is 18.5. The van der Waals surface area contributed by atoms with Crippen molar-refractivity contribution in [2.75, 3.05) is 29.7 Å². The molecule has 0 aromatic heterocycles. The van der Waals surface area contributed by atoms with E-state index in [-0.39, 0.29) is 23.8 Å². The summed E-state index contributed by atoms with van der Waals surface area (Å²) < 4.78 is 4.81. The molecule has 2 aromatic carbocycles. The van der Waals surface area contributed by atoms with Gasteiger partial charge in [-0.25, -0.2) is 0 Å². The van der Waals surface area contributed by atoms with E-state index < -0.39 is 0 Å². The third-order valence-electron chi connectivity index (χ3n) is 4.25. The fourth-order valence-electron chi connectivity index (χ4n) is 2.90. The van der Waals surface area contributed by atoms with Gasteiger partial charge in [0, 0.05) is 18.5 Å². The minimum atomic E-state index is -0.191. The van der Waals surface area contributed by atoms with Gasteiger partial charge in [-0.2, -0.15) is 0 Å². The summed E-state index contributed by atoms with van der Waals surface area (Å²) in [7, 11) is 1.48. The number of carbonyl (C=O) groups is 2. The lowest BCUT2D eigenvalue weighted by atomic mass is 10.1. The molecule has 0 aliphatic carbocycles. The summed E-state index contributed by atoms with van der Waals surface area (Å²) in [5.74, 6) is 0.386. The van der Waals surface area contributed by atoms with E-state index in [4.69, 9.17) is 4.74 Å². The highest BCUT2D eigenvalue weighted by atomic mass is 32.2. The van der Waals surface area contributed by atoms with Crippen LogP contribution in [-0.2, 0) is 20.7 Å². The fraction of sp³-hybridized carbons (Fsp3) is 0.300. The molecule has 0 radical (unpaired) electrons. The number of hydrogen-bond acceptors (Lipinski definition) is 4. The second-order valence-corrected chi connectivity index (χ2v) is 7.12. The number of nitrogens with zero attached hydrogens (tertiary/aromatic N) is 1. The third-order valence-corrected chi connectivity index (χ3v) is 5.46. The summed E-state index contributed by atoms with van der Waals surface area (Å²) in [6.45, 7) is 2.14. The van der Waals surface area contributed by atoms with E-state index in [1.165, 1.54) is 12.7 Å². The smallest absolute Gasteiger partial charge is 0.250 e. The van der Waals surface area contributed by atoms with Crippen LogP contribution >= 0.6 is 11.8 Å². The average Bonchev–Trinajstić information content (AvgIpc) is 3.04. The Kier molecular flexibility index (Phi) is 5.96. The predicted molar refractivity (Wildman–Crippen MR) is 105 cm³/mol. The predicted octanol–water partition coefficient (Wildman–Crippen LogP) is 3.61. The molecule has 26 heavy (non-hydrogen) atoms. The highest BCUT2D eigenvalue weighted by molar-refractivity contribution is 8.00. The second kappa shape index (κ2) is 8.38. The Hall–Kier alpha value is -2.31. The molecule has 1 saturated heterocycles. The lowest BCUT2D eigenvalue weighted by molar-refractivity contribution is -0.119. The first-order chi connectivity index (χ1) is 12.6. The van der Waals surface area contributed by atoms with E-state index in [9.17, 15) is 9.59 Å². The van der Waals surface area contributed by atoms with Crippen LogP contribution < -0.4 is 10.2 Å². The van der Waals surface area contributed by atoms with Crippen LogP contribution in [0.15, 0.2) is 48.5 Å². The zero-order valence-electron chi connectivity index (χ0n) is 14.9. The first-order valence-electron chi connectivity index (χ1n) is 8.53. The Morgan fingerprint density at radius 2 is 1.88 bits per heavy atom. The van der Waals surface area contributed by atoms with Crippen LogP contribution in [0.25, 0.3) is 0 Å². The molecule has 1 unspecified atom stereocenters. The molecule has 1 aliphatic rings. The summed E-state index contributed by atoms with van der Waals surface area (Å²) >= 11 is 1.61. The zero-order chi connectivity index (χ0) is 18.5. The summed E-state index contributed by atoms with van der Waals surface area (Å²) in [6, 6.07) is 15.8. The van der Waals surface area contributed by atoms with Crippen molar-refractivity contribution in [3.63, 3.8) is 0 Å². The number of amides is 2. The van der Waals surface area contributed by atoms with Gasteiger partial charge in [-0.15, -0.1) is 11.8 Å². The Balaban J connectivity index is 1.78. The van der Waals surface area contributed by atoms with Gasteiger partial charge in [0.1, 0.15) is 12.0 Å². The number of benzene rings is 2. The maximum Gasteiger partial charge on any atom is 0.250 e. The molecule has 6 heteroatoms. The number of hydrogen-bond donors (Lipinski definition) is 1. The minimum absolute atomic E-state index is 0.0241. The lowest BCUT2D eigenvalue weighted by Gasteiger charge is -2.24. The maximum atomic E-state index is 12.4. The van der Waals surface area contributed by atoms with E-state index >= 15 is 0 Å². The van der Waals surface area contributed by atoms with Gasteiger partial charge in [-0.3, -0.25) is 14.5 Å². The number of thioether (sulfide) groups is 1. The van der Waals surface area contributed by atoms with Crippen LogP contribution in [0.3, 0.4) is 0 Å². The number of ether oxygens (including phenoxy) is 1. The molecule has 1 aliphatic heterocycles. The van der Waals surface area contributed by atoms with Gasteiger partial charge in [0.15, 0.2) is 0 Å². The Morgan fingerprint density at radius 1 is 1.19 bits per heavy atom. The minimum Gasteiger partial charge on any atom is -0.375 e. The Labute approximate surface area is 157 Å². The van der Waals surface area contributed by atoms with E-state index in [0.29, 0.717) is 11.4 Å². The van der Waals surface area contributed by atoms with Crippen molar-refractivity contribution in [3.05, 3.63) is 59.7 Å². The molecule has 0 spiro atoms. The summed E-state index contributed by atoms with van der Waals surface area (Å²) in [5, 5.41) is 2.72. The molecule has 136 valence electrons. The monoisotopic (exact) mass is 370 g/mol. The van der Waals surface area contributed by atoms with Gasteiger partial charge < -0.3 is 10.1 Å². The molecule has 1 N–H and O–H groups in total. The van der Waals surface area contributed by atoms with Crippen LogP contribution in [0.1, 0.15) is 23.4 Å². The van der Waals surface area contributed by atoms with Gasteiger partial charge in [0.2, 0.25) is 11.8 Å². The van der Waals surface area contributed by atoms with Crippen molar-refractivity contribution in [1.82, 2.24) is 0 Å². The fourth-order valence-corrected chi connectivity index (χ4v) is 4.08. The van der Waals surface area contributed by atoms with Gasteiger partial charge >= 0.3 is 0 Å². The molecule has 0 saturated carbocycles. The second-order valence-electron chi connectivity index (χ2n) is 6.05. The average molecular weight is 370 g/mol. The summed E-state index contributed by atoms with van der Waals surface area (Å²) in [4.78, 5) is 25.9. The van der Waals surface area contributed by atoms with Crippen LogP contribution in [-0.4, -0.2) is 31.3 Å². The van der Waals surface area contributed by atoms with Crippen molar-refractivity contribution in [3.8, 4) is 0 Å². The van der Waals surface area contributed by atoms with Crippen LogP contribution in [0.4, 0.5) is 11.4 Å². The van der Waals surface area contributed by atoms with E-state index in [0.717, 1.165) is 17.7 Å². The van der Waals surface area contributed by atoms with Crippen molar-refractivity contribution in [2.24, 2.45) is 0 Å². The molecular formula is C20H22N2O3S. The summed E-state index contributed by atoms with van der Waals surface area (Å²) in [6.07, 6.45) is 0.975. The molecule has 1 atom stereocenters. The first-order valence-corrected chi connectivity index (χ1v) is 9.58. The quantitative estimate of drug-likeness (QED) is 0.844. The largest absolute Gasteiger partial charge is 0.375 e. The molecule has 0 bridgehead atoms. The Bertz CT molecular complexity index is 775. The highest BCUT2D eigenvalue weighted by Gasteiger charge is 2.33. The molecule has 2 aromatic rings. The number of rotatable bonds is 6. The Morgan fingerprint density at radius 3 is 2.50 bits per heavy atom. The van der Waals surface area contributed by atoms with Crippen molar-refractivity contribution in [1.29, 1.82) is 0 Å². The number of nitrogens with one attached hydrogen (secondary N) is 1.